The molecule has 2 amide bonds. The van der Waals surface area contributed by atoms with E-state index in [4.69, 9.17) is 5.11 Å². The third-order valence-corrected chi connectivity index (χ3v) is 4.88. The second-order valence-corrected chi connectivity index (χ2v) is 9.36. The molecule has 6 N–H and O–H groups in total. The zero-order valence-electron chi connectivity index (χ0n) is 17.1. The fraction of sp³-hybridized carbons (Fsp3) is 0.889. The molecular weight excluding hydrogens is 340 g/mol. The van der Waals surface area contributed by atoms with Crippen LogP contribution in [-0.4, -0.2) is 56.4 Å². The van der Waals surface area contributed by atoms with Crippen molar-refractivity contribution >= 4 is 12.2 Å². The summed E-state index contributed by atoms with van der Waals surface area (Å²) in [4.78, 5) is 22.7. The van der Waals surface area contributed by atoms with Gasteiger partial charge in [-0.25, -0.2) is 9.59 Å². The van der Waals surface area contributed by atoms with Gasteiger partial charge in [-0.15, -0.1) is 0 Å². The Hall–Kier alpha value is -1.54. The van der Waals surface area contributed by atoms with E-state index < -0.39 is 46.8 Å². The van der Waals surface area contributed by atoms with E-state index in [0.717, 1.165) is 0 Å². The second-order valence-electron chi connectivity index (χ2n) is 9.36. The number of aliphatic hydroxyl groups is 2. The lowest BCUT2D eigenvalue weighted by Crippen LogP contribution is -2.74. The highest BCUT2D eigenvalue weighted by atomic mass is 16.4. The zero-order chi connectivity index (χ0) is 21.1. The van der Waals surface area contributed by atoms with Crippen LogP contribution in [0, 0.1) is 16.7 Å². The Morgan fingerprint density at radius 1 is 0.885 bits per heavy atom. The van der Waals surface area contributed by atoms with E-state index in [1.165, 1.54) is 0 Å². The van der Waals surface area contributed by atoms with E-state index in [9.17, 15) is 24.9 Å². The molecule has 8 heteroatoms. The number of rotatable bonds is 7. The van der Waals surface area contributed by atoms with E-state index in [-0.39, 0.29) is 5.92 Å². The fourth-order valence-electron chi connectivity index (χ4n) is 4.06. The standard InChI is InChI=1S/C18H36N2O6/c1-10(2)9-11(19-14(23)24)12(21)13(22)18(16(3,4)5,17(6,7)8)20-15(25)26/h10-13,19-22H,9H2,1-8H3,(H,23,24)(H,25,26). The Morgan fingerprint density at radius 3 is 1.58 bits per heavy atom. The van der Waals surface area contributed by atoms with E-state index in [1.54, 1.807) is 41.5 Å². The van der Waals surface area contributed by atoms with Crippen LogP contribution in [0.4, 0.5) is 9.59 Å². The average Bonchev–Trinajstić information content (AvgIpc) is 2.38. The Kier molecular flexibility index (Phi) is 7.93. The van der Waals surface area contributed by atoms with Crippen LogP contribution < -0.4 is 10.6 Å². The van der Waals surface area contributed by atoms with E-state index in [0.29, 0.717) is 6.42 Å². The Morgan fingerprint density at radius 2 is 1.31 bits per heavy atom. The third kappa shape index (κ3) is 5.48. The smallest absolute Gasteiger partial charge is 0.405 e. The quantitative estimate of drug-likeness (QED) is 0.403. The van der Waals surface area contributed by atoms with Crippen molar-refractivity contribution in [1.29, 1.82) is 0 Å². The van der Waals surface area contributed by atoms with Crippen LogP contribution in [0.2, 0.25) is 0 Å². The summed E-state index contributed by atoms with van der Waals surface area (Å²) in [6.45, 7) is 14.4. The molecule has 0 saturated carbocycles. The molecular formula is C18H36N2O6. The van der Waals surface area contributed by atoms with Crippen molar-refractivity contribution in [2.45, 2.75) is 85.6 Å². The molecule has 0 aromatic carbocycles. The van der Waals surface area contributed by atoms with E-state index in [1.807, 2.05) is 13.8 Å². The van der Waals surface area contributed by atoms with Crippen LogP contribution in [-0.2, 0) is 0 Å². The van der Waals surface area contributed by atoms with Crippen LogP contribution >= 0.6 is 0 Å². The molecule has 26 heavy (non-hydrogen) atoms. The summed E-state index contributed by atoms with van der Waals surface area (Å²) in [6.07, 6.45) is -5.40. The molecule has 0 aromatic rings. The van der Waals surface area contributed by atoms with Crippen molar-refractivity contribution < 1.29 is 30.0 Å². The maximum absolute atomic E-state index is 11.5. The molecule has 0 aliphatic heterocycles. The molecule has 3 atom stereocenters. The lowest BCUT2D eigenvalue weighted by atomic mass is 9.56. The lowest BCUT2D eigenvalue weighted by Gasteiger charge is -2.57. The summed E-state index contributed by atoms with van der Waals surface area (Å²) in [5.74, 6) is 0.0554. The first kappa shape index (κ1) is 24.5. The summed E-state index contributed by atoms with van der Waals surface area (Å²) >= 11 is 0. The third-order valence-electron chi connectivity index (χ3n) is 4.88. The van der Waals surface area contributed by atoms with Crippen LogP contribution in [0.15, 0.2) is 0 Å². The molecule has 3 unspecified atom stereocenters. The maximum atomic E-state index is 11.5. The molecule has 0 heterocycles. The van der Waals surface area contributed by atoms with Gasteiger partial charge in [-0.2, -0.15) is 0 Å². The topological polar surface area (TPSA) is 139 Å². The Balaban J connectivity index is 6.22. The molecule has 0 rings (SSSR count). The summed E-state index contributed by atoms with van der Waals surface area (Å²) in [5, 5.41) is 45.2. The van der Waals surface area contributed by atoms with Gasteiger partial charge in [-0.1, -0.05) is 55.4 Å². The number of hydrogen-bond donors (Lipinski definition) is 6. The van der Waals surface area contributed by atoms with Gasteiger partial charge in [0.25, 0.3) is 0 Å². The average molecular weight is 376 g/mol. The first-order valence-corrected chi connectivity index (χ1v) is 8.84. The van der Waals surface area contributed by atoms with Gasteiger partial charge in [0.15, 0.2) is 0 Å². The van der Waals surface area contributed by atoms with Crippen LogP contribution in [0.3, 0.4) is 0 Å². The SMILES string of the molecule is CC(C)CC(NC(=O)O)C(O)C(O)C(NC(=O)O)(C(C)(C)C)C(C)(C)C. The van der Waals surface area contributed by atoms with Crippen LogP contribution in [0.25, 0.3) is 0 Å². The summed E-state index contributed by atoms with van der Waals surface area (Å²) in [7, 11) is 0. The van der Waals surface area contributed by atoms with E-state index >= 15 is 0 Å². The highest BCUT2D eigenvalue weighted by Crippen LogP contribution is 2.47. The van der Waals surface area contributed by atoms with Gasteiger partial charge in [0, 0.05) is 0 Å². The van der Waals surface area contributed by atoms with Crippen molar-refractivity contribution in [3.05, 3.63) is 0 Å². The fourth-order valence-corrected chi connectivity index (χ4v) is 4.06. The van der Waals surface area contributed by atoms with Crippen LogP contribution in [0.1, 0.15) is 61.8 Å². The van der Waals surface area contributed by atoms with Gasteiger partial charge in [0.2, 0.25) is 0 Å². The van der Waals surface area contributed by atoms with Gasteiger partial charge in [-0.3, -0.25) is 0 Å². The highest BCUT2D eigenvalue weighted by Gasteiger charge is 2.59. The largest absolute Gasteiger partial charge is 0.465 e. The predicted molar refractivity (Wildman–Crippen MR) is 99.2 cm³/mol. The first-order chi connectivity index (χ1) is 11.5. The number of aliphatic hydroxyl groups excluding tert-OH is 2. The molecule has 0 saturated heterocycles. The Labute approximate surface area is 156 Å². The first-order valence-electron chi connectivity index (χ1n) is 8.84. The van der Waals surface area contributed by atoms with Crippen LogP contribution in [0.5, 0.6) is 0 Å². The molecule has 0 bridgehead atoms. The summed E-state index contributed by atoms with van der Waals surface area (Å²) in [5.41, 5.74) is -3.01. The summed E-state index contributed by atoms with van der Waals surface area (Å²) in [6, 6.07) is -0.942. The minimum absolute atomic E-state index is 0.0554. The lowest BCUT2D eigenvalue weighted by molar-refractivity contribution is -0.132. The van der Waals surface area contributed by atoms with Crippen molar-refractivity contribution in [2.75, 3.05) is 0 Å². The normalized spacial score (nSPS) is 16.7. The maximum Gasteiger partial charge on any atom is 0.405 e. The van der Waals surface area contributed by atoms with Gasteiger partial charge < -0.3 is 31.1 Å². The highest BCUT2D eigenvalue weighted by molar-refractivity contribution is 5.66. The number of amides is 2. The Bertz CT molecular complexity index is 479. The van der Waals surface area contributed by atoms with Crippen molar-refractivity contribution in [1.82, 2.24) is 10.6 Å². The molecule has 0 fully saturated rings. The molecule has 0 aliphatic carbocycles. The van der Waals surface area contributed by atoms with Gasteiger partial charge in [0.1, 0.15) is 12.2 Å². The number of carbonyl (C=O) groups is 2. The molecule has 0 spiro atoms. The molecule has 154 valence electrons. The molecule has 0 aliphatic rings. The predicted octanol–water partition coefficient (Wildman–Crippen LogP) is 2.49. The number of nitrogens with one attached hydrogen (secondary N) is 2. The van der Waals surface area contributed by atoms with Crippen molar-refractivity contribution in [3.8, 4) is 0 Å². The van der Waals surface area contributed by atoms with Crippen molar-refractivity contribution in [3.63, 3.8) is 0 Å². The number of carboxylic acid groups (broad SMARTS) is 2. The van der Waals surface area contributed by atoms with Gasteiger partial charge >= 0.3 is 12.2 Å². The van der Waals surface area contributed by atoms with Gasteiger partial charge in [-0.05, 0) is 23.2 Å². The monoisotopic (exact) mass is 376 g/mol. The molecule has 0 radical (unpaired) electrons. The van der Waals surface area contributed by atoms with Gasteiger partial charge in [0.05, 0.1) is 11.6 Å². The van der Waals surface area contributed by atoms with E-state index in [2.05, 4.69) is 10.6 Å². The molecule has 0 aromatic heterocycles. The molecule has 8 nitrogen and oxygen atoms in total. The summed E-state index contributed by atoms with van der Waals surface area (Å²) < 4.78 is 0. The second kappa shape index (κ2) is 8.43. The minimum atomic E-state index is -1.55. The van der Waals surface area contributed by atoms with Crippen molar-refractivity contribution in [2.24, 2.45) is 16.7 Å². The zero-order valence-corrected chi connectivity index (χ0v) is 17.1. The number of hydrogen-bond acceptors (Lipinski definition) is 4. The minimum Gasteiger partial charge on any atom is -0.465 e.